The molecule has 180 valence electrons. The third kappa shape index (κ3) is 6.07. The maximum absolute atomic E-state index is 12.5. The summed E-state index contributed by atoms with van der Waals surface area (Å²) >= 11 is 8.39. The highest BCUT2D eigenvalue weighted by molar-refractivity contribution is 14.1. The minimum atomic E-state index is -0.461. The van der Waals surface area contributed by atoms with Crippen molar-refractivity contribution in [1.29, 1.82) is 0 Å². The van der Waals surface area contributed by atoms with Gasteiger partial charge < -0.3 is 18.6 Å². The van der Waals surface area contributed by atoms with E-state index in [1.807, 2.05) is 43.3 Å². The molecule has 0 unspecified atom stereocenters. The van der Waals surface area contributed by atoms with Crippen molar-refractivity contribution in [3.63, 3.8) is 0 Å². The fourth-order valence-electron chi connectivity index (χ4n) is 3.33. The van der Waals surface area contributed by atoms with E-state index in [4.69, 9.17) is 30.2 Å². The van der Waals surface area contributed by atoms with Crippen molar-refractivity contribution in [3.05, 3.63) is 86.1 Å². The van der Waals surface area contributed by atoms with Crippen LogP contribution in [0.15, 0.2) is 70.2 Å². The van der Waals surface area contributed by atoms with Gasteiger partial charge in [0.1, 0.15) is 17.9 Å². The molecule has 3 aromatic carbocycles. The Morgan fingerprint density at radius 3 is 2.74 bits per heavy atom. The van der Waals surface area contributed by atoms with Crippen molar-refractivity contribution in [2.75, 3.05) is 13.7 Å². The van der Waals surface area contributed by atoms with Crippen LogP contribution < -0.4 is 19.6 Å². The minimum absolute atomic E-state index is 0.154. The summed E-state index contributed by atoms with van der Waals surface area (Å²) in [7, 11) is 1.56. The third-order valence-electron chi connectivity index (χ3n) is 4.98. The molecule has 4 rings (SSSR count). The second-order valence-electron chi connectivity index (χ2n) is 7.36. The largest absolute Gasteiger partial charge is 0.494 e. The molecule has 0 aliphatic heterocycles. The predicted octanol–water partition coefficient (Wildman–Crippen LogP) is 6.44. The molecule has 1 amide bonds. The maximum atomic E-state index is 12.5. The van der Waals surface area contributed by atoms with E-state index in [0.717, 1.165) is 20.1 Å². The van der Waals surface area contributed by atoms with E-state index in [1.165, 1.54) is 6.21 Å². The van der Waals surface area contributed by atoms with Gasteiger partial charge in [0.2, 0.25) is 0 Å². The van der Waals surface area contributed by atoms with Gasteiger partial charge in [-0.05, 0) is 77.5 Å². The number of amides is 1. The Morgan fingerprint density at radius 1 is 1.14 bits per heavy atom. The molecular formula is C26H22ClIN2O5. The summed E-state index contributed by atoms with van der Waals surface area (Å²) in [6, 6.07) is 18.2. The summed E-state index contributed by atoms with van der Waals surface area (Å²) in [6.07, 6.45) is 1.52. The van der Waals surface area contributed by atoms with E-state index < -0.39 is 5.91 Å². The Labute approximate surface area is 221 Å². The zero-order chi connectivity index (χ0) is 24.8. The number of rotatable bonds is 9. The molecule has 1 aromatic heterocycles. The van der Waals surface area contributed by atoms with Crippen molar-refractivity contribution in [2.45, 2.75) is 13.5 Å². The second-order valence-corrected chi connectivity index (χ2v) is 8.93. The highest BCUT2D eigenvalue weighted by Gasteiger charge is 2.14. The molecule has 1 heterocycles. The molecule has 1 N–H and O–H groups in total. The van der Waals surface area contributed by atoms with Gasteiger partial charge in [-0.3, -0.25) is 4.79 Å². The van der Waals surface area contributed by atoms with E-state index >= 15 is 0 Å². The number of benzene rings is 3. The maximum Gasteiger partial charge on any atom is 0.307 e. The van der Waals surface area contributed by atoms with E-state index in [9.17, 15) is 4.79 Å². The number of furan rings is 1. The molecule has 9 heteroatoms. The predicted molar refractivity (Wildman–Crippen MR) is 144 cm³/mol. The number of carbonyl (C=O) groups excluding carboxylic acids is 1. The first-order valence-electron chi connectivity index (χ1n) is 10.7. The number of halogens is 2. The van der Waals surface area contributed by atoms with E-state index in [-0.39, 0.29) is 5.76 Å². The van der Waals surface area contributed by atoms with Crippen LogP contribution in [0.2, 0.25) is 5.02 Å². The SMILES string of the molecule is CCOc1ccc2oc(C(=O)N/N=C/c3cc(I)c(OCc4ccccc4Cl)c(OC)c3)cc2c1. The van der Waals surface area contributed by atoms with Gasteiger partial charge in [0.05, 0.1) is 23.5 Å². The molecule has 0 radical (unpaired) electrons. The average molecular weight is 605 g/mol. The number of hydrogen-bond donors (Lipinski definition) is 1. The van der Waals surface area contributed by atoms with Crippen LogP contribution in [0.4, 0.5) is 0 Å². The Hall–Kier alpha value is -3.24. The summed E-state index contributed by atoms with van der Waals surface area (Å²) < 4.78 is 23.4. The zero-order valence-corrected chi connectivity index (χ0v) is 21.9. The molecule has 35 heavy (non-hydrogen) atoms. The number of nitrogens with zero attached hydrogens (tertiary/aromatic N) is 1. The van der Waals surface area contributed by atoms with Gasteiger partial charge in [-0.15, -0.1) is 0 Å². The number of carbonyl (C=O) groups is 1. The fraction of sp³-hybridized carbons (Fsp3) is 0.154. The van der Waals surface area contributed by atoms with Crippen LogP contribution in [0.5, 0.6) is 17.2 Å². The van der Waals surface area contributed by atoms with Crippen molar-refractivity contribution >= 4 is 57.3 Å². The van der Waals surface area contributed by atoms with Crippen molar-refractivity contribution in [1.82, 2.24) is 5.43 Å². The standard InChI is InChI=1S/C26H22ClIN2O5/c1-3-33-19-8-9-22-18(12-19)13-24(35-22)26(31)30-29-14-16-10-21(28)25(23(11-16)32-2)34-15-17-6-4-5-7-20(17)27/h4-14H,3,15H2,1-2H3,(H,30,31)/b29-14+. The summed E-state index contributed by atoms with van der Waals surface area (Å²) in [5.74, 6) is 1.55. The van der Waals surface area contributed by atoms with Gasteiger partial charge in [-0.2, -0.15) is 5.10 Å². The van der Waals surface area contributed by atoms with E-state index in [0.29, 0.717) is 41.1 Å². The van der Waals surface area contributed by atoms with Gasteiger partial charge in [-0.1, -0.05) is 29.8 Å². The number of hydrazone groups is 1. The Balaban J connectivity index is 1.44. The lowest BCUT2D eigenvalue weighted by molar-refractivity contribution is 0.0929. The topological polar surface area (TPSA) is 82.3 Å². The Morgan fingerprint density at radius 2 is 1.97 bits per heavy atom. The van der Waals surface area contributed by atoms with Crippen LogP contribution in [0.1, 0.15) is 28.6 Å². The van der Waals surface area contributed by atoms with Crippen LogP contribution in [0.25, 0.3) is 11.0 Å². The van der Waals surface area contributed by atoms with Gasteiger partial charge in [-0.25, -0.2) is 5.43 Å². The smallest absolute Gasteiger partial charge is 0.307 e. The highest BCUT2D eigenvalue weighted by Crippen LogP contribution is 2.34. The molecule has 0 spiro atoms. The molecule has 0 saturated carbocycles. The molecule has 7 nitrogen and oxygen atoms in total. The molecule has 4 aromatic rings. The van der Waals surface area contributed by atoms with Crippen LogP contribution in [0.3, 0.4) is 0 Å². The molecule has 0 fully saturated rings. The molecule has 0 saturated heterocycles. The minimum Gasteiger partial charge on any atom is -0.494 e. The number of hydrogen-bond acceptors (Lipinski definition) is 6. The van der Waals surface area contributed by atoms with Crippen LogP contribution in [-0.2, 0) is 6.61 Å². The Bertz CT molecular complexity index is 1390. The fourth-order valence-corrected chi connectivity index (χ4v) is 4.30. The zero-order valence-electron chi connectivity index (χ0n) is 19.0. The highest BCUT2D eigenvalue weighted by atomic mass is 127. The summed E-state index contributed by atoms with van der Waals surface area (Å²) in [4.78, 5) is 12.5. The normalized spacial score (nSPS) is 11.1. The molecule has 0 atom stereocenters. The van der Waals surface area contributed by atoms with Gasteiger partial charge in [0.15, 0.2) is 17.3 Å². The molecule has 0 bridgehead atoms. The summed E-state index contributed by atoms with van der Waals surface area (Å²) in [5, 5.41) is 5.47. The third-order valence-corrected chi connectivity index (χ3v) is 6.15. The lowest BCUT2D eigenvalue weighted by atomic mass is 10.2. The number of ether oxygens (including phenoxy) is 3. The van der Waals surface area contributed by atoms with Crippen molar-refractivity contribution < 1.29 is 23.4 Å². The first-order chi connectivity index (χ1) is 17.0. The number of methoxy groups -OCH3 is 1. The summed E-state index contributed by atoms with van der Waals surface area (Å²) in [6.45, 7) is 2.77. The molecule has 0 aliphatic rings. The van der Waals surface area contributed by atoms with Gasteiger partial charge in [0.25, 0.3) is 0 Å². The quantitative estimate of drug-likeness (QED) is 0.135. The van der Waals surface area contributed by atoms with E-state index in [2.05, 4.69) is 33.1 Å². The average Bonchev–Trinajstić information content (AvgIpc) is 3.28. The van der Waals surface area contributed by atoms with Crippen LogP contribution >= 0.6 is 34.2 Å². The first kappa shape index (κ1) is 24.9. The number of fused-ring (bicyclic) bond motifs is 1. The van der Waals surface area contributed by atoms with Crippen molar-refractivity contribution in [3.8, 4) is 17.2 Å². The van der Waals surface area contributed by atoms with Gasteiger partial charge >= 0.3 is 5.91 Å². The first-order valence-corrected chi connectivity index (χ1v) is 12.2. The summed E-state index contributed by atoms with van der Waals surface area (Å²) in [5.41, 5.74) is 4.68. The Kier molecular flexibility index (Phi) is 8.14. The second kappa shape index (κ2) is 11.5. The van der Waals surface area contributed by atoms with Crippen LogP contribution in [0, 0.1) is 3.57 Å². The van der Waals surface area contributed by atoms with Crippen LogP contribution in [-0.4, -0.2) is 25.8 Å². The van der Waals surface area contributed by atoms with Gasteiger partial charge in [0, 0.05) is 16.0 Å². The number of nitrogens with one attached hydrogen (secondary N) is 1. The van der Waals surface area contributed by atoms with Crippen molar-refractivity contribution in [2.24, 2.45) is 5.10 Å². The molecule has 0 aliphatic carbocycles. The van der Waals surface area contributed by atoms with E-state index in [1.54, 1.807) is 31.4 Å². The lowest BCUT2D eigenvalue weighted by Gasteiger charge is -2.14. The molecular weight excluding hydrogens is 583 g/mol. The lowest BCUT2D eigenvalue weighted by Crippen LogP contribution is -2.16. The monoisotopic (exact) mass is 604 g/mol.